The molecule has 0 saturated heterocycles. The molecule has 0 N–H and O–H groups in total. The normalized spacial score (nSPS) is 9.41. The van der Waals surface area contributed by atoms with Gasteiger partial charge in [-0.25, -0.2) is 0 Å². The Morgan fingerprint density at radius 2 is 1.29 bits per heavy atom. The van der Waals surface area contributed by atoms with Crippen LogP contribution < -0.4 is 0 Å². The smallest absolute Gasteiger partial charge is 0.0411 e. The molecule has 0 radical (unpaired) electrons. The Bertz CT molecular complexity index is 458. The van der Waals surface area contributed by atoms with Crippen LogP contribution in [0.15, 0.2) is 50.3 Å². The van der Waals surface area contributed by atoms with Crippen molar-refractivity contribution >= 4 is 47.8 Å². The molecule has 0 bridgehead atoms. The molecule has 0 aliphatic rings. The number of hydrogen-bond acceptors (Lipinski definition) is 2. The summed E-state index contributed by atoms with van der Waals surface area (Å²) in [5.74, 6) is 0. The summed E-state index contributed by atoms with van der Waals surface area (Å²) in [5, 5.41) is 0. The summed E-state index contributed by atoms with van der Waals surface area (Å²) in [4.78, 5) is 7.90. The standard InChI is InChI=1S/C7H8BrN.C5H3Br2N/c1-2-6-3-7(8)5-9-4-6;6-4-1-5(7)3-8-2-4/h3-5H,2H2,1H3;1-3H. The van der Waals surface area contributed by atoms with Gasteiger partial charge >= 0.3 is 0 Å². The van der Waals surface area contributed by atoms with E-state index in [9.17, 15) is 0 Å². The molecule has 0 aliphatic carbocycles. The van der Waals surface area contributed by atoms with Gasteiger partial charge in [-0.2, -0.15) is 0 Å². The van der Waals surface area contributed by atoms with E-state index in [-0.39, 0.29) is 0 Å². The number of pyridine rings is 2. The molecule has 2 rings (SSSR count). The first kappa shape index (κ1) is 14.8. The van der Waals surface area contributed by atoms with E-state index < -0.39 is 0 Å². The van der Waals surface area contributed by atoms with Crippen LogP contribution in [0.1, 0.15) is 12.5 Å². The average Bonchev–Trinajstić information content (AvgIpc) is 2.29. The van der Waals surface area contributed by atoms with Crippen molar-refractivity contribution in [3.8, 4) is 0 Å². The van der Waals surface area contributed by atoms with E-state index in [1.54, 1.807) is 18.6 Å². The zero-order valence-electron chi connectivity index (χ0n) is 9.20. The summed E-state index contributed by atoms with van der Waals surface area (Å²) >= 11 is 9.88. The van der Waals surface area contributed by atoms with E-state index in [0.717, 1.165) is 19.8 Å². The second-order valence-electron chi connectivity index (χ2n) is 3.19. The number of aryl methyl sites for hydroxylation is 1. The van der Waals surface area contributed by atoms with E-state index in [4.69, 9.17) is 0 Å². The predicted octanol–water partition coefficient (Wildman–Crippen LogP) is 5.01. The summed E-state index contributed by atoms with van der Waals surface area (Å²) < 4.78 is 3.04. The molecule has 0 aliphatic heterocycles. The second kappa shape index (κ2) is 7.95. The number of nitrogens with zero attached hydrogens (tertiary/aromatic N) is 2. The minimum Gasteiger partial charge on any atom is -0.263 e. The number of aromatic nitrogens is 2. The summed E-state index contributed by atoms with van der Waals surface area (Å²) in [6.07, 6.45) is 8.20. The van der Waals surface area contributed by atoms with Crippen LogP contribution in [0.3, 0.4) is 0 Å². The van der Waals surface area contributed by atoms with Crippen molar-refractivity contribution in [2.45, 2.75) is 13.3 Å². The molecule has 0 unspecified atom stereocenters. The van der Waals surface area contributed by atoms with Gasteiger partial charge in [0.15, 0.2) is 0 Å². The van der Waals surface area contributed by atoms with Crippen molar-refractivity contribution in [3.63, 3.8) is 0 Å². The lowest BCUT2D eigenvalue weighted by atomic mass is 10.2. The maximum atomic E-state index is 4.01. The fourth-order valence-corrected chi connectivity index (χ4v) is 2.48. The third kappa shape index (κ3) is 6.29. The molecular formula is C12H11Br3N2. The fourth-order valence-electron chi connectivity index (χ4n) is 1.04. The van der Waals surface area contributed by atoms with Crippen molar-refractivity contribution in [2.75, 3.05) is 0 Å². The lowest BCUT2D eigenvalue weighted by Crippen LogP contribution is -1.80. The molecule has 90 valence electrons. The van der Waals surface area contributed by atoms with E-state index in [1.807, 2.05) is 12.3 Å². The van der Waals surface area contributed by atoms with E-state index in [1.165, 1.54) is 5.56 Å². The number of halogens is 3. The summed E-state index contributed by atoms with van der Waals surface area (Å²) in [6.45, 7) is 2.11. The maximum absolute atomic E-state index is 4.01. The van der Waals surface area contributed by atoms with Crippen molar-refractivity contribution in [1.29, 1.82) is 0 Å². The first-order valence-electron chi connectivity index (χ1n) is 4.97. The van der Waals surface area contributed by atoms with Crippen LogP contribution in [-0.4, -0.2) is 9.97 Å². The number of hydrogen-bond donors (Lipinski definition) is 0. The summed E-state index contributed by atoms with van der Waals surface area (Å²) in [6, 6.07) is 4.01. The van der Waals surface area contributed by atoms with Crippen LogP contribution in [0.2, 0.25) is 0 Å². The Balaban J connectivity index is 0.000000171. The van der Waals surface area contributed by atoms with Crippen molar-refractivity contribution in [3.05, 3.63) is 55.9 Å². The van der Waals surface area contributed by atoms with Gasteiger partial charge in [0.05, 0.1) is 0 Å². The molecule has 0 amide bonds. The maximum Gasteiger partial charge on any atom is 0.0411 e. The Hall–Kier alpha value is -0.260. The van der Waals surface area contributed by atoms with Gasteiger partial charge in [-0.1, -0.05) is 6.92 Å². The fraction of sp³-hybridized carbons (Fsp3) is 0.167. The van der Waals surface area contributed by atoms with Crippen LogP contribution in [0.25, 0.3) is 0 Å². The van der Waals surface area contributed by atoms with E-state index in [0.29, 0.717) is 0 Å². The van der Waals surface area contributed by atoms with Crippen LogP contribution in [0.4, 0.5) is 0 Å². The van der Waals surface area contributed by atoms with Gasteiger partial charge in [-0.05, 0) is 71.9 Å². The molecular weight excluding hydrogens is 412 g/mol. The Labute approximate surface area is 126 Å². The molecule has 5 heteroatoms. The van der Waals surface area contributed by atoms with Crippen LogP contribution in [0, 0.1) is 0 Å². The monoisotopic (exact) mass is 420 g/mol. The van der Waals surface area contributed by atoms with Crippen LogP contribution in [-0.2, 0) is 6.42 Å². The van der Waals surface area contributed by atoms with Crippen molar-refractivity contribution in [2.24, 2.45) is 0 Å². The Morgan fingerprint density at radius 1 is 0.824 bits per heavy atom. The largest absolute Gasteiger partial charge is 0.263 e. The molecule has 0 saturated carbocycles. The highest BCUT2D eigenvalue weighted by Crippen LogP contribution is 2.13. The average molecular weight is 423 g/mol. The molecule has 2 nitrogen and oxygen atoms in total. The zero-order valence-corrected chi connectivity index (χ0v) is 14.0. The highest BCUT2D eigenvalue weighted by atomic mass is 79.9. The SMILES string of the molecule is Brc1cncc(Br)c1.CCc1cncc(Br)c1. The van der Waals surface area contributed by atoms with E-state index in [2.05, 4.69) is 70.7 Å². The van der Waals surface area contributed by atoms with Crippen molar-refractivity contribution < 1.29 is 0 Å². The van der Waals surface area contributed by atoms with Crippen LogP contribution in [0.5, 0.6) is 0 Å². The summed E-state index contributed by atoms with van der Waals surface area (Å²) in [7, 11) is 0. The minimum atomic E-state index is 0.992. The molecule has 2 aromatic heterocycles. The molecule has 2 heterocycles. The van der Waals surface area contributed by atoms with Gasteiger partial charge in [0.1, 0.15) is 0 Å². The second-order valence-corrected chi connectivity index (χ2v) is 5.93. The van der Waals surface area contributed by atoms with Crippen molar-refractivity contribution in [1.82, 2.24) is 9.97 Å². The third-order valence-electron chi connectivity index (χ3n) is 1.84. The molecule has 2 aromatic rings. The third-order valence-corrected chi connectivity index (χ3v) is 3.14. The van der Waals surface area contributed by atoms with Gasteiger partial charge in [0.25, 0.3) is 0 Å². The summed E-state index contributed by atoms with van der Waals surface area (Å²) in [5.41, 5.74) is 1.27. The highest BCUT2D eigenvalue weighted by Gasteiger charge is 1.88. The highest BCUT2D eigenvalue weighted by molar-refractivity contribution is 9.11. The first-order valence-corrected chi connectivity index (χ1v) is 7.35. The lowest BCUT2D eigenvalue weighted by molar-refractivity contribution is 1.10. The molecule has 0 spiro atoms. The van der Waals surface area contributed by atoms with E-state index >= 15 is 0 Å². The van der Waals surface area contributed by atoms with Gasteiger partial charge in [-0.3, -0.25) is 9.97 Å². The topological polar surface area (TPSA) is 25.8 Å². The first-order chi connectivity index (χ1) is 8.11. The van der Waals surface area contributed by atoms with Gasteiger partial charge < -0.3 is 0 Å². The van der Waals surface area contributed by atoms with Gasteiger partial charge in [-0.15, -0.1) is 0 Å². The number of rotatable bonds is 1. The molecule has 0 aromatic carbocycles. The molecule has 0 fully saturated rings. The Morgan fingerprint density at radius 3 is 1.59 bits per heavy atom. The minimum absolute atomic E-state index is 0.992. The van der Waals surface area contributed by atoms with Gasteiger partial charge in [0, 0.05) is 38.2 Å². The Kier molecular flexibility index (Phi) is 6.92. The molecule has 0 atom stereocenters. The van der Waals surface area contributed by atoms with Crippen LogP contribution >= 0.6 is 47.8 Å². The quantitative estimate of drug-likeness (QED) is 0.645. The predicted molar refractivity (Wildman–Crippen MR) is 81.0 cm³/mol. The zero-order chi connectivity index (χ0) is 12.7. The molecule has 17 heavy (non-hydrogen) atoms. The van der Waals surface area contributed by atoms with Gasteiger partial charge in [0.2, 0.25) is 0 Å². The lowest BCUT2D eigenvalue weighted by Gasteiger charge is -1.93.